The predicted octanol–water partition coefficient (Wildman–Crippen LogP) is 3.59. The van der Waals surface area contributed by atoms with Crippen LogP contribution in [-0.2, 0) is 4.74 Å². The zero-order valence-corrected chi connectivity index (χ0v) is 16.3. The van der Waals surface area contributed by atoms with E-state index in [-0.39, 0.29) is 17.9 Å². The number of rotatable bonds is 6. The van der Waals surface area contributed by atoms with Crippen LogP contribution in [-0.4, -0.2) is 49.1 Å². The molecule has 1 heterocycles. The second kappa shape index (κ2) is 9.37. The second-order valence-electron chi connectivity index (χ2n) is 6.77. The number of para-hydroxylation sites is 1. The zero-order valence-electron chi connectivity index (χ0n) is 16.3. The Morgan fingerprint density at radius 1 is 1.14 bits per heavy atom. The number of carbonyl (C=O) groups excluding carboxylic acids is 2. The molecule has 2 aromatic rings. The zero-order chi connectivity index (χ0) is 19.9. The Hall–Kier alpha value is -2.86. The van der Waals surface area contributed by atoms with E-state index in [9.17, 15) is 9.59 Å². The molecule has 0 aliphatic carbocycles. The predicted molar refractivity (Wildman–Crippen MR) is 108 cm³/mol. The first-order valence-electron chi connectivity index (χ1n) is 9.62. The lowest BCUT2D eigenvalue weighted by molar-refractivity contribution is 0.0303. The molecule has 1 fully saturated rings. The van der Waals surface area contributed by atoms with Crippen LogP contribution in [0.25, 0.3) is 0 Å². The van der Waals surface area contributed by atoms with Gasteiger partial charge in [0.1, 0.15) is 5.75 Å². The maximum atomic E-state index is 12.8. The van der Waals surface area contributed by atoms with Gasteiger partial charge in [-0.05, 0) is 43.7 Å². The van der Waals surface area contributed by atoms with Crippen LogP contribution in [0.15, 0.2) is 48.5 Å². The van der Waals surface area contributed by atoms with Crippen molar-refractivity contribution in [1.29, 1.82) is 0 Å². The Bertz CT molecular complexity index is 831. The number of hydrogen-bond acceptors (Lipinski definition) is 4. The lowest BCUT2D eigenvalue weighted by Gasteiger charge is -2.27. The number of carbonyl (C=O) groups is 2. The van der Waals surface area contributed by atoms with E-state index in [1.807, 2.05) is 19.9 Å². The van der Waals surface area contributed by atoms with Gasteiger partial charge in [-0.15, -0.1) is 0 Å². The van der Waals surface area contributed by atoms with Crippen LogP contribution in [0, 0.1) is 0 Å². The van der Waals surface area contributed by atoms with Gasteiger partial charge in [-0.1, -0.05) is 25.1 Å². The van der Waals surface area contributed by atoms with E-state index < -0.39 is 0 Å². The van der Waals surface area contributed by atoms with Gasteiger partial charge in [0.15, 0.2) is 0 Å². The molecule has 3 rings (SSSR count). The highest BCUT2D eigenvalue weighted by molar-refractivity contribution is 6.09. The average molecular weight is 382 g/mol. The molecule has 0 unspecified atom stereocenters. The Morgan fingerprint density at radius 2 is 1.89 bits per heavy atom. The summed E-state index contributed by atoms with van der Waals surface area (Å²) in [5.74, 6) is 0.268. The van der Waals surface area contributed by atoms with Crippen LogP contribution in [0.1, 0.15) is 41.0 Å². The number of ether oxygens (including phenoxy) is 2. The maximum absolute atomic E-state index is 12.8. The summed E-state index contributed by atoms with van der Waals surface area (Å²) in [4.78, 5) is 27.4. The van der Waals surface area contributed by atoms with Crippen molar-refractivity contribution < 1.29 is 19.1 Å². The first-order chi connectivity index (χ1) is 13.6. The SMILES string of the molecule is CC[C@H](C)Oc1cccc(C(=O)Nc2ccccc2C(=O)N2CCOCC2)c1. The number of nitrogens with zero attached hydrogens (tertiary/aromatic N) is 1. The van der Waals surface area contributed by atoms with Crippen LogP contribution in [0.4, 0.5) is 5.69 Å². The van der Waals surface area contributed by atoms with E-state index >= 15 is 0 Å². The molecule has 0 spiro atoms. The molecule has 1 atom stereocenters. The van der Waals surface area contributed by atoms with Crippen LogP contribution in [0.5, 0.6) is 5.75 Å². The molecule has 2 aromatic carbocycles. The van der Waals surface area contributed by atoms with Crippen molar-refractivity contribution in [2.45, 2.75) is 26.4 Å². The average Bonchev–Trinajstić information content (AvgIpc) is 2.74. The van der Waals surface area contributed by atoms with Crippen molar-refractivity contribution in [2.24, 2.45) is 0 Å². The summed E-state index contributed by atoms with van der Waals surface area (Å²) in [6, 6.07) is 14.1. The Labute approximate surface area is 165 Å². The molecular weight excluding hydrogens is 356 g/mol. The maximum Gasteiger partial charge on any atom is 0.256 e. The monoisotopic (exact) mass is 382 g/mol. The molecule has 0 saturated carbocycles. The largest absolute Gasteiger partial charge is 0.491 e. The summed E-state index contributed by atoms with van der Waals surface area (Å²) in [5, 5.41) is 2.87. The Kier molecular flexibility index (Phi) is 6.66. The molecule has 1 saturated heterocycles. The number of morpholine rings is 1. The highest BCUT2D eigenvalue weighted by Gasteiger charge is 2.21. The van der Waals surface area contributed by atoms with E-state index in [1.165, 1.54) is 0 Å². The van der Waals surface area contributed by atoms with Gasteiger partial charge in [-0.2, -0.15) is 0 Å². The van der Waals surface area contributed by atoms with Crippen molar-refractivity contribution in [1.82, 2.24) is 4.90 Å². The minimum absolute atomic E-state index is 0.0742. The highest BCUT2D eigenvalue weighted by Crippen LogP contribution is 2.21. The number of amides is 2. The minimum Gasteiger partial charge on any atom is -0.491 e. The summed E-state index contributed by atoms with van der Waals surface area (Å²) in [5.41, 5.74) is 1.46. The molecule has 0 bridgehead atoms. The van der Waals surface area contributed by atoms with Crippen molar-refractivity contribution >= 4 is 17.5 Å². The highest BCUT2D eigenvalue weighted by atomic mass is 16.5. The van der Waals surface area contributed by atoms with Crippen LogP contribution in [0.2, 0.25) is 0 Å². The van der Waals surface area contributed by atoms with Gasteiger partial charge in [-0.25, -0.2) is 0 Å². The molecule has 0 radical (unpaired) electrons. The van der Waals surface area contributed by atoms with Gasteiger partial charge >= 0.3 is 0 Å². The van der Waals surface area contributed by atoms with Gasteiger partial charge in [0.05, 0.1) is 30.6 Å². The second-order valence-corrected chi connectivity index (χ2v) is 6.77. The normalized spacial score (nSPS) is 15.0. The summed E-state index contributed by atoms with van der Waals surface area (Å²) >= 11 is 0. The van der Waals surface area contributed by atoms with Crippen molar-refractivity contribution in [3.8, 4) is 5.75 Å². The molecule has 1 N–H and O–H groups in total. The smallest absolute Gasteiger partial charge is 0.256 e. The molecule has 28 heavy (non-hydrogen) atoms. The lowest BCUT2D eigenvalue weighted by atomic mass is 10.1. The fourth-order valence-corrected chi connectivity index (χ4v) is 2.94. The van der Waals surface area contributed by atoms with Crippen LogP contribution >= 0.6 is 0 Å². The first-order valence-corrected chi connectivity index (χ1v) is 9.62. The number of anilines is 1. The van der Waals surface area contributed by atoms with Crippen LogP contribution in [0.3, 0.4) is 0 Å². The fraction of sp³-hybridized carbons (Fsp3) is 0.364. The topological polar surface area (TPSA) is 67.9 Å². The molecule has 6 heteroatoms. The van der Waals surface area contributed by atoms with E-state index in [2.05, 4.69) is 5.32 Å². The summed E-state index contributed by atoms with van der Waals surface area (Å²) in [6.45, 7) is 6.20. The van der Waals surface area contributed by atoms with E-state index in [1.54, 1.807) is 47.4 Å². The number of nitrogens with one attached hydrogen (secondary N) is 1. The van der Waals surface area contributed by atoms with Crippen LogP contribution < -0.4 is 10.1 Å². The summed E-state index contributed by atoms with van der Waals surface area (Å²) < 4.78 is 11.1. The summed E-state index contributed by atoms with van der Waals surface area (Å²) in [6.07, 6.45) is 0.957. The van der Waals surface area contributed by atoms with E-state index in [0.717, 1.165) is 6.42 Å². The Balaban J connectivity index is 1.76. The van der Waals surface area contributed by atoms with Crippen molar-refractivity contribution in [2.75, 3.05) is 31.6 Å². The molecular formula is C22H26N2O4. The van der Waals surface area contributed by atoms with Gasteiger partial charge in [0.25, 0.3) is 11.8 Å². The fourth-order valence-electron chi connectivity index (χ4n) is 2.94. The standard InChI is InChI=1S/C22H26N2O4/c1-3-16(2)28-18-8-6-7-17(15-18)21(25)23-20-10-5-4-9-19(20)22(26)24-11-13-27-14-12-24/h4-10,15-16H,3,11-14H2,1-2H3,(H,23,25)/t16-/m0/s1. The molecule has 148 valence electrons. The van der Waals surface area contributed by atoms with Gasteiger partial charge in [0.2, 0.25) is 0 Å². The van der Waals surface area contributed by atoms with Crippen molar-refractivity contribution in [3.63, 3.8) is 0 Å². The van der Waals surface area contributed by atoms with Gasteiger partial charge in [0, 0.05) is 18.7 Å². The number of hydrogen-bond donors (Lipinski definition) is 1. The van der Waals surface area contributed by atoms with Crippen molar-refractivity contribution in [3.05, 3.63) is 59.7 Å². The molecule has 1 aliphatic rings. The lowest BCUT2D eigenvalue weighted by Crippen LogP contribution is -2.41. The molecule has 6 nitrogen and oxygen atoms in total. The third-order valence-corrected chi connectivity index (χ3v) is 4.71. The molecule has 0 aromatic heterocycles. The minimum atomic E-state index is -0.281. The number of benzene rings is 2. The quantitative estimate of drug-likeness (QED) is 0.829. The van der Waals surface area contributed by atoms with E-state index in [4.69, 9.17) is 9.47 Å². The third kappa shape index (κ3) is 4.89. The molecule has 1 aliphatic heterocycles. The van der Waals surface area contributed by atoms with Gasteiger partial charge < -0.3 is 19.7 Å². The van der Waals surface area contributed by atoms with E-state index in [0.29, 0.717) is 48.9 Å². The Morgan fingerprint density at radius 3 is 2.64 bits per heavy atom. The van der Waals surface area contributed by atoms with Gasteiger partial charge in [-0.3, -0.25) is 9.59 Å². The molecule has 2 amide bonds. The first kappa shape index (κ1) is 19.9. The summed E-state index contributed by atoms with van der Waals surface area (Å²) in [7, 11) is 0. The third-order valence-electron chi connectivity index (χ3n) is 4.71.